The summed E-state index contributed by atoms with van der Waals surface area (Å²) in [5.41, 5.74) is 3.72. The number of aromatic nitrogens is 1. The molecule has 0 aliphatic heterocycles. The van der Waals surface area contributed by atoms with Crippen LogP contribution in [0.5, 0.6) is 0 Å². The van der Waals surface area contributed by atoms with E-state index in [-0.39, 0.29) is 0 Å². The first kappa shape index (κ1) is 11.7. The first-order chi connectivity index (χ1) is 8.04. The van der Waals surface area contributed by atoms with Crippen LogP contribution in [-0.2, 0) is 9.53 Å². The minimum atomic E-state index is -1.23. The molecule has 2 aromatic rings. The summed E-state index contributed by atoms with van der Waals surface area (Å²) >= 11 is 0. The summed E-state index contributed by atoms with van der Waals surface area (Å²) in [6.07, 6.45) is -1.23. The van der Waals surface area contributed by atoms with Gasteiger partial charge in [0.2, 0.25) is 0 Å². The van der Waals surface area contributed by atoms with Crippen LogP contribution in [0.15, 0.2) is 18.2 Å². The standard InChI is InChI=1S/C13H15NO3/c1-7-8(2)14-11-6-9(4-5-10(7)11)12(15)13(16)17-3/h4-6,12,14-15H,1-3H3. The summed E-state index contributed by atoms with van der Waals surface area (Å²) in [5, 5.41) is 10.8. The van der Waals surface area contributed by atoms with E-state index < -0.39 is 12.1 Å². The second-order valence-electron chi connectivity index (χ2n) is 4.11. The van der Waals surface area contributed by atoms with Gasteiger partial charge in [-0.15, -0.1) is 0 Å². The Morgan fingerprint density at radius 2 is 2.12 bits per heavy atom. The van der Waals surface area contributed by atoms with Gasteiger partial charge >= 0.3 is 5.97 Å². The van der Waals surface area contributed by atoms with Crippen molar-refractivity contribution >= 4 is 16.9 Å². The number of methoxy groups -OCH3 is 1. The molecule has 1 heterocycles. The molecule has 0 amide bonds. The number of esters is 1. The second kappa shape index (κ2) is 4.22. The number of ether oxygens (including phenoxy) is 1. The van der Waals surface area contributed by atoms with Crippen molar-refractivity contribution in [2.75, 3.05) is 7.11 Å². The predicted octanol–water partition coefficient (Wildman–Crippen LogP) is 1.99. The number of fused-ring (bicyclic) bond motifs is 1. The number of hydrogen-bond acceptors (Lipinski definition) is 3. The Morgan fingerprint density at radius 3 is 2.76 bits per heavy atom. The molecule has 0 aliphatic carbocycles. The molecular formula is C13H15NO3. The summed E-state index contributed by atoms with van der Waals surface area (Å²) in [4.78, 5) is 14.5. The van der Waals surface area contributed by atoms with Gasteiger partial charge in [-0.3, -0.25) is 0 Å². The molecule has 0 spiro atoms. The Bertz CT molecular complexity index is 571. The molecule has 1 unspecified atom stereocenters. The van der Waals surface area contributed by atoms with E-state index in [0.717, 1.165) is 16.6 Å². The van der Waals surface area contributed by atoms with Crippen molar-refractivity contribution in [1.82, 2.24) is 4.98 Å². The Balaban J connectivity index is 2.48. The maximum atomic E-state index is 11.2. The summed E-state index contributed by atoms with van der Waals surface area (Å²) < 4.78 is 4.51. The lowest BCUT2D eigenvalue weighted by atomic mass is 10.1. The van der Waals surface area contributed by atoms with E-state index in [1.165, 1.54) is 12.7 Å². The van der Waals surface area contributed by atoms with E-state index in [1.54, 1.807) is 12.1 Å². The topological polar surface area (TPSA) is 62.3 Å². The normalized spacial score (nSPS) is 12.7. The Kier molecular flexibility index (Phi) is 2.90. The van der Waals surface area contributed by atoms with Gasteiger partial charge in [0.05, 0.1) is 7.11 Å². The highest BCUT2D eigenvalue weighted by Gasteiger charge is 2.18. The Labute approximate surface area is 99.2 Å². The summed E-state index contributed by atoms with van der Waals surface area (Å²) in [5.74, 6) is -0.649. The fraction of sp³-hybridized carbons (Fsp3) is 0.308. The molecule has 1 aromatic carbocycles. The number of aliphatic hydroxyl groups excluding tert-OH is 1. The van der Waals surface area contributed by atoms with Crippen molar-refractivity contribution in [1.29, 1.82) is 0 Å². The van der Waals surface area contributed by atoms with Crippen molar-refractivity contribution in [3.63, 3.8) is 0 Å². The van der Waals surface area contributed by atoms with Crippen LogP contribution in [0.4, 0.5) is 0 Å². The molecule has 2 N–H and O–H groups in total. The van der Waals surface area contributed by atoms with Crippen LogP contribution in [-0.4, -0.2) is 23.2 Å². The third-order valence-corrected chi connectivity index (χ3v) is 3.07. The fourth-order valence-corrected chi connectivity index (χ4v) is 1.91. The van der Waals surface area contributed by atoms with Crippen LogP contribution in [0.25, 0.3) is 10.9 Å². The van der Waals surface area contributed by atoms with Gasteiger partial charge in [0, 0.05) is 16.6 Å². The number of benzene rings is 1. The fourth-order valence-electron chi connectivity index (χ4n) is 1.91. The zero-order valence-corrected chi connectivity index (χ0v) is 10.1. The van der Waals surface area contributed by atoms with Gasteiger partial charge in [-0.1, -0.05) is 12.1 Å². The molecule has 90 valence electrons. The van der Waals surface area contributed by atoms with Crippen molar-refractivity contribution in [3.8, 4) is 0 Å². The van der Waals surface area contributed by atoms with Gasteiger partial charge in [0.1, 0.15) is 0 Å². The van der Waals surface area contributed by atoms with Crippen LogP contribution in [0.2, 0.25) is 0 Å². The van der Waals surface area contributed by atoms with E-state index in [2.05, 4.69) is 9.72 Å². The number of nitrogens with one attached hydrogen (secondary N) is 1. The highest BCUT2D eigenvalue weighted by molar-refractivity contribution is 5.86. The number of hydrogen-bond donors (Lipinski definition) is 2. The number of aromatic amines is 1. The summed E-state index contributed by atoms with van der Waals surface area (Å²) in [6.45, 7) is 4.02. The van der Waals surface area contributed by atoms with E-state index in [0.29, 0.717) is 5.56 Å². The van der Waals surface area contributed by atoms with Gasteiger partial charge in [-0.2, -0.15) is 0 Å². The van der Waals surface area contributed by atoms with E-state index >= 15 is 0 Å². The monoisotopic (exact) mass is 233 g/mol. The molecule has 2 rings (SSSR count). The third kappa shape index (κ3) is 1.91. The molecule has 0 saturated carbocycles. The molecule has 4 nitrogen and oxygen atoms in total. The largest absolute Gasteiger partial charge is 0.467 e. The maximum absolute atomic E-state index is 11.2. The molecule has 1 aromatic heterocycles. The Morgan fingerprint density at radius 1 is 1.41 bits per heavy atom. The number of carbonyl (C=O) groups excluding carboxylic acids is 1. The van der Waals surface area contributed by atoms with Crippen LogP contribution in [0, 0.1) is 13.8 Å². The number of aliphatic hydroxyl groups is 1. The van der Waals surface area contributed by atoms with Gasteiger partial charge in [0.25, 0.3) is 0 Å². The number of rotatable bonds is 2. The summed E-state index contributed by atoms with van der Waals surface area (Å²) in [7, 11) is 1.26. The average Bonchev–Trinajstić information content (AvgIpc) is 2.62. The molecule has 0 saturated heterocycles. The molecule has 0 fully saturated rings. The quantitative estimate of drug-likeness (QED) is 0.780. The van der Waals surface area contributed by atoms with Gasteiger partial charge in [-0.05, 0) is 31.0 Å². The molecule has 1 atom stereocenters. The van der Waals surface area contributed by atoms with Gasteiger partial charge in [-0.25, -0.2) is 4.79 Å². The van der Waals surface area contributed by atoms with Crippen LogP contribution >= 0.6 is 0 Å². The van der Waals surface area contributed by atoms with Crippen molar-refractivity contribution in [2.24, 2.45) is 0 Å². The minimum Gasteiger partial charge on any atom is -0.467 e. The third-order valence-electron chi connectivity index (χ3n) is 3.07. The molecule has 0 bridgehead atoms. The zero-order valence-electron chi connectivity index (χ0n) is 10.1. The van der Waals surface area contributed by atoms with Gasteiger partial charge < -0.3 is 14.8 Å². The minimum absolute atomic E-state index is 0.533. The molecule has 17 heavy (non-hydrogen) atoms. The lowest BCUT2D eigenvalue weighted by Crippen LogP contribution is -2.13. The molecular weight excluding hydrogens is 218 g/mol. The maximum Gasteiger partial charge on any atom is 0.339 e. The lowest BCUT2D eigenvalue weighted by Gasteiger charge is -2.08. The van der Waals surface area contributed by atoms with Crippen molar-refractivity contribution in [2.45, 2.75) is 20.0 Å². The lowest BCUT2D eigenvalue weighted by molar-refractivity contribution is -0.150. The predicted molar refractivity (Wildman–Crippen MR) is 64.7 cm³/mol. The zero-order chi connectivity index (χ0) is 12.6. The Hall–Kier alpha value is -1.81. The second-order valence-corrected chi connectivity index (χ2v) is 4.11. The van der Waals surface area contributed by atoms with Crippen molar-refractivity contribution in [3.05, 3.63) is 35.0 Å². The molecule has 0 radical (unpaired) electrons. The van der Waals surface area contributed by atoms with Crippen LogP contribution in [0.1, 0.15) is 22.9 Å². The van der Waals surface area contributed by atoms with E-state index in [4.69, 9.17) is 0 Å². The highest BCUT2D eigenvalue weighted by atomic mass is 16.5. The first-order valence-electron chi connectivity index (χ1n) is 5.39. The SMILES string of the molecule is COC(=O)C(O)c1ccc2c(C)c(C)[nH]c2c1. The highest BCUT2D eigenvalue weighted by Crippen LogP contribution is 2.25. The molecule has 4 heteroatoms. The number of carbonyl (C=O) groups is 1. The number of H-pyrrole nitrogens is 1. The van der Waals surface area contributed by atoms with Crippen molar-refractivity contribution < 1.29 is 14.6 Å². The van der Waals surface area contributed by atoms with Crippen LogP contribution < -0.4 is 0 Å². The smallest absolute Gasteiger partial charge is 0.339 e. The van der Waals surface area contributed by atoms with Crippen LogP contribution in [0.3, 0.4) is 0 Å². The first-order valence-corrected chi connectivity index (χ1v) is 5.39. The van der Waals surface area contributed by atoms with E-state index in [1.807, 2.05) is 19.9 Å². The molecule has 0 aliphatic rings. The average molecular weight is 233 g/mol. The number of aryl methyl sites for hydroxylation is 2. The van der Waals surface area contributed by atoms with E-state index in [9.17, 15) is 9.90 Å². The van der Waals surface area contributed by atoms with Gasteiger partial charge in [0.15, 0.2) is 6.10 Å². The summed E-state index contributed by atoms with van der Waals surface area (Å²) in [6, 6.07) is 5.41.